The Balaban J connectivity index is 1.22. The van der Waals surface area contributed by atoms with Gasteiger partial charge >= 0.3 is 6.09 Å². The minimum absolute atomic E-state index is 0.111. The van der Waals surface area contributed by atoms with Gasteiger partial charge in [0.1, 0.15) is 17.2 Å². The number of hydrogen-bond donors (Lipinski definition) is 3. The predicted molar refractivity (Wildman–Crippen MR) is 155 cm³/mol. The average molecular weight is 564 g/mol. The molecule has 0 unspecified atom stereocenters. The van der Waals surface area contributed by atoms with Crippen molar-refractivity contribution in [2.75, 3.05) is 44.8 Å². The number of rotatable bonds is 12. The number of piperidine rings is 1. The maximum Gasteiger partial charge on any atom is 0.412 e. The summed E-state index contributed by atoms with van der Waals surface area (Å²) >= 11 is 0. The van der Waals surface area contributed by atoms with Crippen molar-refractivity contribution in [3.8, 4) is 22.9 Å². The lowest BCUT2D eigenvalue weighted by Crippen LogP contribution is -2.38. The van der Waals surface area contributed by atoms with E-state index in [4.69, 9.17) is 23.7 Å². The van der Waals surface area contributed by atoms with Gasteiger partial charge in [0, 0.05) is 44.6 Å². The molecule has 0 atom stereocenters. The van der Waals surface area contributed by atoms with Crippen LogP contribution in [-0.2, 0) is 6.54 Å². The standard InChI is InChI=1S/C30H37N5O6/c1-3-38-25-18-21(19-26(39-4-2)28(25)35-13-5-6-14-35)20-34-15-10-22(11-16-34)32-29-33-27-23(40-29)8-7-9-24(27)41-30(37)31-12-17-36/h5-9,13-14,18-19,22,36H,3-4,10-12,15-17,20H2,1-2H3,(H,31,37)(H,32,33). The van der Waals surface area contributed by atoms with E-state index in [1.807, 2.05) is 42.9 Å². The number of para-hydroxylation sites is 1. The van der Waals surface area contributed by atoms with Gasteiger partial charge in [-0.15, -0.1) is 0 Å². The van der Waals surface area contributed by atoms with Gasteiger partial charge in [-0.25, -0.2) is 4.79 Å². The third-order valence-electron chi connectivity index (χ3n) is 6.85. The fraction of sp³-hybridized carbons (Fsp3) is 0.400. The number of carbonyl (C=O) groups is 1. The van der Waals surface area contributed by atoms with E-state index >= 15 is 0 Å². The van der Waals surface area contributed by atoms with E-state index in [0.29, 0.717) is 36.1 Å². The van der Waals surface area contributed by atoms with Gasteiger partial charge in [0.05, 0.1) is 19.8 Å². The zero-order chi connectivity index (χ0) is 28.6. The van der Waals surface area contributed by atoms with E-state index in [-0.39, 0.29) is 19.2 Å². The molecule has 11 heteroatoms. The van der Waals surface area contributed by atoms with Crippen LogP contribution in [0.25, 0.3) is 16.8 Å². The molecule has 3 N–H and O–H groups in total. The van der Waals surface area contributed by atoms with Crippen LogP contribution in [0.3, 0.4) is 0 Å². The number of oxazole rings is 1. The van der Waals surface area contributed by atoms with Gasteiger partial charge in [-0.05, 0) is 68.7 Å². The van der Waals surface area contributed by atoms with Gasteiger partial charge in [0.2, 0.25) is 0 Å². The number of likely N-dealkylation sites (tertiary alicyclic amines) is 1. The lowest BCUT2D eigenvalue weighted by Gasteiger charge is -2.32. The van der Waals surface area contributed by atoms with Crippen LogP contribution in [0.2, 0.25) is 0 Å². The quantitative estimate of drug-likeness (QED) is 0.227. The molecule has 41 heavy (non-hydrogen) atoms. The topological polar surface area (TPSA) is 123 Å². The molecule has 0 aliphatic carbocycles. The minimum atomic E-state index is -0.655. The van der Waals surface area contributed by atoms with Crippen LogP contribution in [0, 0.1) is 0 Å². The molecule has 0 bridgehead atoms. The Morgan fingerprint density at radius 3 is 2.41 bits per heavy atom. The normalized spacial score (nSPS) is 14.2. The zero-order valence-corrected chi connectivity index (χ0v) is 23.5. The number of ether oxygens (including phenoxy) is 3. The molecule has 0 spiro atoms. The Kier molecular flexibility index (Phi) is 9.27. The summed E-state index contributed by atoms with van der Waals surface area (Å²) in [4.78, 5) is 18.9. The van der Waals surface area contributed by atoms with Crippen LogP contribution in [0.1, 0.15) is 32.3 Å². The molecule has 0 saturated carbocycles. The number of fused-ring (bicyclic) bond motifs is 1. The van der Waals surface area contributed by atoms with E-state index in [1.54, 1.807) is 18.2 Å². The highest BCUT2D eigenvalue weighted by atomic mass is 16.6. The number of hydrogen-bond acceptors (Lipinski definition) is 9. The van der Waals surface area contributed by atoms with Gasteiger partial charge in [0.25, 0.3) is 6.01 Å². The van der Waals surface area contributed by atoms with E-state index in [2.05, 4.69) is 32.7 Å². The summed E-state index contributed by atoms with van der Waals surface area (Å²) in [5, 5.41) is 14.8. The molecule has 3 heterocycles. The van der Waals surface area contributed by atoms with Crippen LogP contribution in [0.15, 0.2) is 59.3 Å². The summed E-state index contributed by atoms with van der Waals surface area (Å²) in [5.74, 6) is 1.92. The van der Waals surface area contributed by atoms with Crippen molar-refractivity contribution in [1.29, 1.82) is 0 Å². The Hall–Kier alpha value is -4.22. The lowest BCUT2D eigenvalue weighted by atomic mass is 10.0. The number of anilines is 1. The molecule has 2 aromatic heterocycles. The molecule has 4 aromatic rings. The van der Waals surface area contributed by atoms with E-state index < -0.39 is 6.09 Å². The van der Waals surface area contributed by atoms with E-state index in [1.165, 1.54) is 0 Å². The van der Waals surface area contributed by atoms with Crippen LogP contribution in [0.5, 0.6) is 17.2 Å². The van der Waals surface area contributed by atoms with Gasteiger partial charge in [-0.3, -0.25) is 4.90 Å². The van der Waals surface area contributed by atoms with Crippen LogP contribution in [-0.4, -0.2) is 71.1 Å². The second kappa shape index (κ2) is 13.4. The van der Waals surface area contributed by atoms with Crippen molar-refractivity contribution in [3.05, 3.63) is 60.4 Å². The fourth-order valence-electron chi connectivity index (χ4n) is 5.03. The molecule has 1 aliphatic heterocycles. The summed E-state index contributed by atoms with van der Waals surface area (Å²) in [6.45, 7) is 7.67. The Bertz CT molecular complexity index is 1400. The third kappa shape index (κ3) is 6.93. The molecule has 218 valence electrons. The molecule has 0 radical (unpaired) electrons. The van der Waals surface area contributed by atoms with Crippen molar-refractivity contribution >= 4 is 23.2 Å². The van der Waals surface area contributed by atoms with Gasteiger partial charge in [-0.1, -0.05) is 6.07 Å². The van der Waals surface area contributed by atoms with Crippen molar-refractivity contribution in [2.45, 2.75) is 39.3 Å². The number of aromatic nitrogens is 2. The molecule has 11 nitrogen and oxygen atoms in total. The molecular formula is C30H37N5O6. The largest absolute Gasteiger partial charge is 0.492 e. The van der Waals surface area contributed by atoms with Crippen LogP contribution < -0.4 is 24.8 Å². The molecule has 1 amide bonds. The molecule has 1 aliphatic rings. The van der Waals surface area contributed by atoms with Crippen molar-refractivity contribution in [1.82, 2.24) is 19.8 Å². The Morgan fingerprint density at radius 1 is 1.05 bits per heavy atom. The van der Waals surface area contributed by atoms with Gasteiger partial charge in [0.15, 0.2) is 16.8 Å². The first kappa shape index (κ1) is 28.3. The summed E-state index contributed by atoms with van der Waals surface area (Å²) in [6.07, 6.45) is 5.18. The Morgan fingerprint density at radius 2 is 1.76 bits per heavy atom. The smallest absolute Gasteiger partial charge is 0.412 e. The van der Waals surface area contributed by atoms with Crippen molar-refractivity contribution in [2.24, 2.45) is 0 Å². The van der Waals surface area contributed by atoms with Crippen LogP contribution in [0.4, 0.5) is 10.8 Å². The summed E-state index contributed by atoms with van der Waals surface area (Å²) in [5.41, 5.74) is 3.05. The first-order chi connectivity index (χ1) is 20.1. The first-order valence-electron chi connectivity index (χ1n) is 14.1. The van der Waals surface area contributed by atoms with E-state index in [0.717, 1.165) is 55.2 Å². The number of carbonyl (C=O) groups excluding carboxylic acids is 1. The predicted octanol–water partition coefficient (Wildman–Crippen LogP) is 4.57. The molecular weight excluding hydrogens is 526 g/mol. The monoisotopic (exact) mass is 563 g/mol. The van der Waals surface area contributed by atoms with Crippen molar-refractivity contribution in [3.63, 3.8) is 0 Å². The molecule has 1 fully saturated rings. The first-order valence-corrected chi connectivity index (χ1v) is 14.1. The van der Waals surface area contributed by atoms with Gasteiger partial charge < -0.3 is 38.9 Å². The van der Waals surface area contributed by atoms with Crippen LogP contribution >= 0.6 is 0 Å². The fourth-order valence-corrected chi connectivity index (χ4v) is 5.03. The maximum atomic E-state index is 11.9. The summed E-state index contributed by atoms with van der Waals surface area (Å²) in [6, 6.07) is 14.0. The maximum absolute atomic E-state index is 11.9. The zero-order valence-electron chi connectivity index (χ0n) is 23.5. The highest BCUT2D eigenvalue weighted by Gasteiger charge is 2.23. The minimum Gasteiger partial charge on any atom is -0.492 e. The third-order valence-corrected chi connectivity index (χ3v) is 6.85. The number of aliphatic hydroxyl groups excluding tert-OH is 1. The molecule has 2 aromatic carbocycles. The summed E-state index contributed by atoms with van der Waals surface area (Å²) < 4.78 is 25.4. The number of benzene rings is 2. The molecule has 5 rings (SSSR count). The second-order valence-electron chi connectivity index (χ2n) is 9.75. The second-order valence-corrected chi connectivity index (χ2v) is 9.75. The van der Waals surface area contributed by atoms with E-state index in [9.17, 15) is 4.79 Å². The highest BCUT2D eigenvalue weighted by molar-refractivity contribution is 5.84. The van der Waals surface area contributed by atoms with Gasteiger partial charge in [-0.2, -0.15) is 4.98 Å². The number of nitrogens with one attached hydrogen (secondary N) is 2. The SMILES string of the molecule is CCOc1cc(CN2CCC(Nc3nc4c(OC(=O)NCCO)cccc4o3)CC2)cc(OCC)c1-n1cccc1. The lowest BCUT2D eigenvalue weighted by molar-refractivity contribution is 0.196. The Labute approximate surface area is 239 Å². The number of amides is 1. The number of aliphatic hydroxyl groups is 1. The summed E-state index contributed by atoms with van der Waals surface area (Å²) in [7, 11) is 0. The molecule has 1 saturated heterocycles. The number of nitrogens with zero attached hydrogens (tertiary/aromatic N) is 3. The average Bonchev–Trinajstić information content (AvgIpc) is 3.64. The highest BCUT2D eigenvalue weighted by Crippen LogP contribution is 2.36. The van der Waals surface area contributed by atoms with Crippen molar-refractivity contribution < 1.29 is 28.5 Å².